The van der Waals surface area contributed by atoms with Crippen LogP contribution in [0.1, 0.15) is 24.3 Å². The maximum Gasteiger partial charge on any atom is 0.0700 e. The minimum absolute atomic E-state index is 0.0201. The molecule has 4 nitrogen and oxygen atoms in total. The van der Waals surface area contributed by atoms with E-state index >= 15 is 0 Å². The highest BCUT2D eigenvalue weighted by Crippen LogP contribution is 2.17. The predicted molar refractivity (Wildman–Crippen MR) is 63.8 cm³/mol. The zero-order valence-electron chi connectivity index (χ0n) is 9.86. The van der Waals surface area contributed by atoms with Crippen molar-refractivity contribution >= 4 is 11.6 Å². The Kier molecular flexibility index (Phi) is 6.45. The van der Waals surface area contributed by atoms with Crippen molar-refractivity contribution in [3.05, 3.63) is 18.0 Å². The number of aryl methyl sites for hydroxylation is 1. The summed E-state index contributed by atoms with van der Waals surface area (Å²) in [6.45, 7) is 4.83. The third-order valence-corrected chi connectivity index (χ3v) is 2.47. The maximum absolute atomic E-state index is 5.94. The largest absolute Gasteiger partial charge is 0.382 e. The molecule has 0 bridgehead atoms. The first kappa shape index (κ1) is 13.5. The average Bonchev–Trinajstić information content (AvgIpc) is 2.72. The first-order valence-corrected chi connectivity index (χ1v) is 5.90. The summed E-state index contributed by atoms with van der Waals surface area (Å²) in [6.07, 6.45) is 4.73. The summed E-state index contributed by atoms with van der Waals surface area (Å²) in [5, 5.41) is 4.24. The van der Waals surface area contributed by atoms with Gasteiger partial charge in [0.05, 0.1) is 24.8 Å². The molecule has 0 saturated carbocycles. The topological polar surface area (TPSA) is 36.3 Å². The number of methoxy groups -OCH3 is 1. The molecule has 0 fully saturated rings. The van der Waals surface area contributed by atoms with E-state index in [-0.39, 0.29) is 5.38 Å². The lowest BCUT2D eigenvalue weighted by molar-refractivity contribution is 0.0677. The zero-order chi connectivity index (χ0) is 11.8. The third kappa shape index (κ3) is 4.96. The molecule has 1 atom stereocenters. The van der Waals surface area contributed by atoms with Gasteiger partial charge in [0.2, 0.25) is 0 Å². The summed E-state index contributed by atoms with van der Waals surface area (Å²) in [4.78, 5) is 0. The van der Waals surface area contributed by atoms with Gasteiger partial charge in [-0.1, -0.05) is 0 Å². The number of alkyl halides is 1. The summed E-state index contributed by atoms with van der Waals surface area (Å²) in [6, 6.07) is 0. The molecule has 0 amide bonds. The maximum atomic E-state index is 5.94. The second kappa shape index (κ2) is 7.65. The van der Waals surface area contributed by atoms with Gasteiger partial charge in [-0.05, 0) is 13.3 Å². The van der Waals surface area contributed by atoms with Gasteiger partial charge in [0, 0.05) is 32.0 Å². The molecule has 0 aliphatic heterocycles. The summed E-state index contributed by atoms with van der Waals surface area (Å²) in [5.74, 6) is 0. The van der Waals surface area contributed by atoms with E-state index in [1.54, 1.807) is 7.11 Å². The SMILES string of the molecule is COCCOCCCn1cc(C(C)Cl)cn1. The van der Waals surface area contributed by atoms with Crippen LogP contribution in [0.4, 0.5) is 0 Å². The van der Waals surface area contributed by atoms with Crippen molar-refractivity contribution in [1.29, 1.82) is 0 Å². The van der Waals surface area contributed by atoms with Crippen LogP contribution in [-0.4, -0.2) is 36.7 Å². The number of halogens is 1. The van der Waals surface area contributed by atoms with Crippen LogP contribution < -0.4 is 0 Å². The molecule has 5 heteroatoms. The van der Waals surface area contributed by atoms with Crippen molar-refractivity contribution in [3.8, 4) is 0 Å². The van der Waals surface area contributed by atoms with Crippen molar-refractivity contribution in [2.45, 2.75) is 25.3 Å². The van der Waals surface area contributed by atoms with Crippen LogP contribution in [0, 0.1) is 0 Å². The lowest BCUT2D eigenvalue weighted by Crippen LogP contribution is -2.06. The van der Waals surface area contributed by atoms with E-state index in [9.17, 15) is 0 Å². The summed E-state index contributed by atoms with van der Waals surface area (Å²) in [5.41, 5.74) is 1.06. The van der Waals surface area contributed by atoms with Crippen molar-refractivity contribution in [2.24, 2.45) is 0 Å². The first-order valence-electron chi connectivity index (χ1n) is 5.47. The Morgan fingerprint density at radius 1 is 1.44 bits per heavy atom. The summed E-state index contributed by atoms with van der Waals surface area (Å²) in [7, 11) is 1.67. The molecule has 0 saturated heterocycles. The van der Waals surface area contributed by atoms with E-state index in [0.29, 0.717) is 13.2 Å². The molecule has 1 unspecified atom stereocenters. The number of ether oxygens (including phenoxy) is 2. The fourth-order valence-corrected chi connectivity index (χ4v) is 1.39. The Labute approximate surface area is 101 Å². The van der Waals surface area contributed by atoms with Crippen LogP contribution in [-0.2, 0) is 16.0 Å². The quantitative estimate of drug-likeness (QED) is 0.521. The predicted octanol–water partition coefficient (Wildman–Crippen LogP) is 2.24. The highest BCUT2D eigenvalue weighted by atomic mass is 35.5. The second-order valence-electron chi connectivity index (χ2n) is 3.61. The molecule has 16 heavy (non-hydrogen) atoms. The van der Waals surface area contributed by atoms with Crippen molar-refractivity contribution < 1.29 is 9.47 Å². The monoisotopic (exact) mass is 246 g/mol. The Morgan fingerprint density at radius 2 is 2.25 bits per heavy atom. The van der Waals surface area contributed by atoms with Crippen LogP contribution in [0.5, 0.6) is 0 Å². The molecule has 0 aromatic carbocycles. The standard InChI is InChI=1S/C11H19ClN2O2/c1-10(12)11-8-13-14(9-11)4-3-5-16-7-6-15-2/h8-10H,3-7H2,1-2H3. The van der Waals surface area contributed by atoms with E-state index in [0.717, 1.165) is 25.1 Å². The van der Waals surface area contributed by atoms with E-state index in [1.807, 2.05) is 24.0 Å². The molecule has 1 rings (SSSR count). The number of rotatable bonds is 8. The fraction of sp³-hybridized carbons (Fsp3) is 0.727. The van der Waals surface area contributed by atoms with E-state index in [4.69, 9.17) is 21.1 Å². The van der Waals surface area contributed by atoms with Crippen LogP contribution in [0.2, 0.25) is 0 Å². The molecule has 0 aliphatic carbocycles. The van der Waals surface area contributed by atoms with Gasteiger partial charge < -0.3 is 9.47 Å². The Balaban J connectivity index is 2.12. The van der Waals surface area contributed by atoms with Crippen LogP contribution in [0.25, 0.3) is 0 Å². The normalized spacial score (nSPS) is 12.9. The minimum Gasteiger partial charge on any atom is -0.382 e. The van der Waals surface area contributed by atoms with Crippen LogP contribution in [0.15, 0.2) is 12.4 Å². The van der Waals surface area contributed by atoms with Gasteiger partial charge in [-0.2, -0.15) is 5.10 Å². The highest BCUT2D eigenvalue weighted by Gasteiger charge is 2.03. The van der Waals surface area contributed by atoms with Gasteiger partial charge in [-0.15, -0.1) is 11.6 Å². The molecule has 1 heterocycles. The van der Waals surface area contributed by atoms with Gasteiger partial charge in [-0.3, -0.25) is 4.68 Å². The molecule has 1 aromatic heterocycles. The third-order valence-electron chi connectivity index (χ3n) is 2.22. The molecular formula is C11H19ClN2O2. The van der Waals surface area contributed by atoms with E-state index in [2.05, 4.69) is 5.10 Å². The Hall–Kier alpha value is -0.580. The number of aromatic nitrogens is 2. The molecular weight excluding hydrogens is 228 g/mol. The highest BCUT2D eigenvalue weighted by molar-refractivity contribution is 6.20. The van der Waals surface area contributed by atoms with Crippen LogP contribution >= 0.6 is 11.6 Å². The number of hydrogen-bond acceptors (Lipinski definition) is 3. The van der Waals surface area contributed by atoms with Gasteiger partial charge in [0.1, 0.15) is 0 Å². The van der Waals surface area contributed by atoms with Crippen molar-refractivity contribution in [1.82, 2.24) is 9.78 Å². The molecule has 92 valence electrons. The number of nitrogens with zero attached hydrogens (tertiary/aromatic N) is 2. The van der Waals surface area contributed by atoms with Gasteiger partial charge in [-0.25, -0.2) is 0 Å². The Morgan fingerprint density at radius 3 is 2.88 bits per heavy atom. The molecule has 0 radical (unpaired) electrons. The van der Waals surface area contributed by atoms with E-state index < -0.39 is 0 Å². The lowest BCUT2D eigenvalue weighted by atomic mass is 10.3. The molecule has 0 spiro atoms. The lowest BCUT2D eigenvalue weighted by Gasteiger charge is -2.03. The minimum atomic E-state index is 0.0201. The second-order valence-corrected chi connectivity index (χ2v) is 4.27. The summed E-state index contributed by atoms with van der Waals surface area (Å²) >= 11 is 5.94. The smallest absolute Gasteiger partial charge is 0.0700 e. The van der Waals surface area contributed by atoms with Crippen molar-refractivity contribution in [3.63, 3.8) is 0 Å². The zero-order valence-corrected chi connectivity index (χ0v) is 10.6. The van der Waals surface area contributed by atoms with Gasteiger partial charge in [0.25, 0.3) is 0 Å². The molecule has 0 aliphatic rings. The first-order chi connectivity index (χ1) is 7.74. The Bertz CT molecular complexity index is 289. The molecule has 0 N–H and O–H groups in total. The van der Waals surface area contributed by atoms with Crippen LogP contribution in [0.3, 0.4) is 0 Å². The van der Waals surface area contributed by atoms with Gasteiger partial charge in [0.15, 0.2) is 0 Å². The summed E-state index contributed by atoms with van der Waals surface area (Å²) < 4.78 is 12.1. The molecule has 1 aromatic rings. The number of hydrogen-bond donors (Lipinski definition) is 0. The van der Waals surface area contributed by atoms with E-state index in [1.165, 1.54) is 0 Å². The van der Waals surface area contributed by atoms with Gasteiger partial charge >= 0.3 is 0 Å². The fourth-order valence-electron chi connectivity index (χ4n) is 1.28. The van der Waals surface area contributed by atoms with Crippen molar-refractivity contribution in [2.75, 3.05) is 26.9 Å². The average molecular weight is 247 g/mol.